The fraction of sp³-hybridized carbons (Fsp3) is 0.263. The van der Waals surface area contributed by atoms with Gasteiger partial charge in [-0.25, -0.2) is 0 Å². The molecule has 0 aliphatic carbocycles. The molecule has 0 atom stereocenters. The van der Waals surface area contributed by atoms with E-state index in [0.29, 0.717) is 43.0 Å². The summed E-state index contributed by atoms with van der Waals surface area (Å²) in [5.41, 5.74) is 5.87. The van der Waals surface area contributed by atoms with Crippen LogP contribution in [0.4, 0.5) is 0 Å². The molecule has 5 heteroatoms. The maximum absolute atomic E-state index is 12.8. The number of primary amides is 1. The van der Waals surface area contributed by atoms with Crippen LogP contribution in [0.5, 0.6) is 11.5 Å². The SMILES string of the molecule is NC(=O)C1CCN(C(=O)c2ccccc2Oc2ccccc2)CC1. The Hall–Kier alpha value is -2.82. The van der Waals surface area contributed by atoms with E-state index in [1.54, 1.807) is 17.0 Å². The molecule has 0 saturated carbocycles. The molecule has 0 aromatic heterocycles. The van der Waals surface area contributed by atoms with Gasteiger partial charge in [0.15, 0.2) is 0 Å². The lowest BCUT2D eigenvalue weighted by Crippen LogP contribution is -2.41. The first-order valence-corrected chi connectivity index (χ1v) is 8.05. The molecule has 2 aromatic carbocycles. The van der Waals surface area contributed by atoms with Crippen molar-refractivity contribution in [2.24, 2.45) is 11.7 Å². The number of likely N-dealkylation sites (tertiary alicyclic amines) is 1. The average Bonchev–Trinajstić information content (AvgIpc) is 2.62. The van der Waals surface area contributed by atoms with E-state index < -0.39 is 0 Å². The number of hydrogen-bond acceptors (Lipinski definition) is 3. The molecule has 2 aromatic rings. The lowest BCUT2D eigenvalue weighted by Gasteiger charge is -2.31. The number of ether oxygens (including phenoxy) is 1. The van der Waals surface area contributed by atoms with Crippen LogP contribution in [0, 0.1) is 5.92 Å². The van der Waals surface area contributed by atoms with Gasteiger partial charge in [0, 0.05) is 19.0 Å². The molecule has 1 aliphatic rings. The molecule has 1 heterocycles. The highest BCUT2D eigenvalue weighted by Gasteiger charge is 2.27. The van der Waals surface area contributed by atoms with Crippen LogP contribution in [0.15, 0.2) is 54.6 Å². The Labute approximate surface area is 141 Å². The Kier molecular flexibility index (Phi) is 4.79. The van der Waals surface area contributed by atoms with Crippen LogP contribution >= 0.6 is 0 Å². The highest BCUT2D eigenvalue weighted by atomic mass is 16.5. The smallest absolute Gasteiger partial charge is 0.257 e. The van der Waals surface area contributed by atoms with E-state index in [1.165, 1.54) is 0 Å². The number of para-hydroxylation sites is 2. The fourth-order valence-corrected chi connectivity index (χ4v) is 2.89. The number of carbonyl (C=O) groups excluding carboxylic acids is 2. The molecule has 1 aliphatic heterocycles. The predicted octanol–water partition coefficient (Wildman–Crippen LogP) is 2.82. The number of carbonyl (C=O) groups is 2. The number of hydrogen-bond donors (Lipinski definition) is 1. The molecular weight excluding hydrogens is 304 g/mol. The molecule has 0 bridgehead atoms. The summed E-state index contributed by atoms with van der Waals surface area (Å²) in [6.07, 6.45) is 1.23. The van der Waals surface area contributed by atoms with Crippen LogP contribution in [0.1, 0.15) is 23.2 Å². The number of benzene rings is 2. The first kappa shape index (κ1) is 16.1. The number of nitrogens with zero attached hydrogens (tertiary/aromatic N) is 1. The molecule has 0 spiro atoms. The minimum atomic E-state index is -0.282. The Morgan fingerprint density at radius 2 is 1.58 bits per heavy atom. The standard InChI is InChI=1S/C19H20N2O3/c20-18(22)14-10-12-21(13-11-14)19(23)16-8-4-5-9-17(16)24-15-6-2-1-3-7-15/h1-9,14H,10-13H2,(H2,20,22). The van der Waals surface area contributed by atoms with Crippen LogP contribution in [0.3, 0.4) is 0 Å². The largest absolute Gasteiger partial charge is 0.457 e. The van der Waals surface area contributed by atoms with Gasteiger partial charge in [0.1, 0.15) is 11.5 Å². The summed E-state index contributed by atoms with van der Waals surface area (Å²) in [6, 6.07) is 16.6. The van der Waals surface area contributed by atoms with Gasteiger partial charge in [0.05, 0.1) is 5.56 Å². The van der Waals surface area contributed by atoms with E-state index in [-0.39, 0.29) is 17.7 Å². The zero-order valence-electron chi connectivity index (χ0n) is 13.4. The summed E-state index contributed by atoms with van der Waals surface area (Å²) in [5.74, 6) is 0.722. The summed E-state index contributed by atoms with van der Waals surface area (Å²) >= 11 is 0. The first-order chi connectivity index (χ1) is 11.6. The summed E-state index contributed by atoms with van der Waals surface area (Å²) in [7, 11) is 0. The topological polar surface area (TPSA) is 72.6 Å². The molecule has 2 amide bonds. The zero-order chi connectivity index (χ0) is 16.9. The molecule has 1 saturated heterocycles. The van der Waals surface area contributed by atoms with Crippen LogP contribution in [0.2, 0.25) is 0 Å². The molecule has 24 heavy (non-hydrogen) atoms. The minimum absolute atomic E-state index is 0.0792. The van der Waals surface area contributed by atoms with Crippen molar-refractivity contribution >= 4 is 11.8 Å². The molecule has 1 fully saturated rings. The first-order valence-electron chi connectivity index (χ1n) is 8.05. The fourth-order valence-electron chi connectivity index (χ4n) is 2.89. The monoisotopic (exact) mass is 324 g/mol. The second-order valence-electron chi connectivity index (χ2n) is 5.88. The Balaban J connectivity index is 1.75. The molecule has 0 radical (unpaired) electrons. The second kappa shape index (κ2) is 7.17. The number of nitrogens with two attached hydrogens (primary N) is 1. The van der Waals surface area contributed by atoms with Crippen molar-refractivity contribution < 1.29 is 14.3 Å². The van der Waals surface area contributed by atoms with Gasteiger partial charge >= 0.3 is 0 Å². The van der Waals surface area contributed by atoms with E-state index >= 15 is 0 Å². The average molecular weight is 324 g/mol. The molecule has 3 rings (SSSR count). The highest BCUT2D eigenvalue weighted by molar-refractivity contribution is 5.97. The maximum atomic E-state index is 12.8. The Morgan fingerprint density at radius 3 is 2.25 bits per heavy atom. The van der Waals surface area contributed by atoms with Crippen molar-refractivity contribution in [2.45, 2.75) is 12.8 Å². The molecule has 5 nitrogen and oxygen atoms in total. The van der Waals surface area contributed by atoms with E-state index in [1.807, 2.05) is 42.5 Å². The number of piperidine rings is 1. The summed E-state index contributed by atoms with van der Waals surface area (Å²) < 4.78 is 5.86. The Morgan fingerprint density at radius 1 is 0.958 bits per heavy atom. The van der Waals surface area contributed by atoms with E-state index in [0.717, 1.165) is 0 Å². The number of amides is 2. The molecule has 0 unspecified atom stereocenters. The third-order valence-electron chi connectivity index (χ3n) is 4.27. The summed E-state index contributed by atoms with van der Waals surface area (Å²) in [6.45, 7) is 1.07. The van der Waals surface area contributed by atoms with E-state index in [4.69, 9.17) is 10.5 Å². The van der Waals surface area contributed by atoms with Gasteiger partial charge in [-0.1, -0.05) is 30.3 Å². The number of rotatable bonds is 4. The van der Waals surface area contributed by atoms with Crippen molar-refractivity contribution in [1.29, 1.82) is 0 Å². The third-order valence-corrected chi connectivity index (χ3v) is 4.27. The van der Waals surface area contributed by atoms with Gasteiger partial charge in [-0.05, 0) is 37.1 Å². The van der Waals surface area contributed by atoms with E-state index in [9.17, 15) is 9.59 Å². The molecule has 2 N–H and O–H groups in total. The lowest BCUT2D eigenvalue weighted by atomic mass is 9.96. The third kappa shape index (κ3) is 3.56. The van der Waals surface area contributed by atoms with Crippen LogP contribution in [0.25, 0.3) is 0 Å². The van der Waals surface area contributed by atoms with Crippen molar-refractivity contribution in [2.75, 3.05) is 13.1 Å². The quantitative estimate of drug-likeness (QED) is 0.940. The Bertz CT molecular complexity index is 722. The maximum Gasteiger partial charge on any atom is 0.257 e. The van der Waals surface area contributed by atoms with Crippen LogP contribution in [-0.4, -0.2) is 29.8 Å². The normalized spacial score (nSPS) is 15.1. The van der Waals surface area contributed by atoms with Gasteiger partial charge < -0.3 is 15.4 Å². The van der Waals surface area contributed by atoms with Crippen molar-refractivity contribution in [3.05, 3.63) is 60.2 Å². The minimum Gasteiger partial charge on any atom is -0.457 e. The van der Waals surface area contributed by atoms with Gasteiger partial charge in [0.25, 0.3) is 5.91 Å². The van der Waals surface area contributed by atoms with E-state index in [2.05, 4.69) is 0 Å². The summed E-state index contributed by atoms with van der Waals surface area (Å²) in [5, 5.41) is 0. The van der Waals surface area contributed by atoms with Crippen molar-refractivity contribution in [3.63, 3.8) is 0 Å². The predicted molar refractivity (Wildman–Crippen MR) is 90.8 cm³/mol. The van der Waals surface area contributed by atoms with Gasteiger partial charge in [0.2, 0.25) is 5.91 Å². The zero-order valence-corrected chi connectivity index (χ0v) is 13.4. The molecular formula is C19H20N2O3. The second-order valence-corrected chi connectivity index (χ2v) is 5.88. The highest BCUT2D eigenvalue weighted by Crippen LogP contribution is 2.27. The van der Waals surface area contributed by atoms with Crippen molar-refractivity contribution in [3.8, 4) is 11.5 Å². The van der Waals surface area contributed by atoms with Gasteiger partial charge in [-0.2, -0.15) is 0 Å². The van der Waals surface area contributed by atoms with Gasteiger partial charge in [-0.15, -0.1) is 0 Å². The van der Waals surface area contributed by atoms with Crippen LogP contribution in [-0.2, 0) is 4.79 Å². The summed E-state index contributed by atoms with van der Waals surface area (Å²) in [4.78, 5) is 25.8. The lowest BCUT2D eigenvalue weighted by molar-refractivity contribution is -0.123. The van der Waals surface area contributed by atoms with Crippen LogP contribution < -0.4 is 10.5 Å². The molecule has 124 valence electrons. The van der Waals surface area contributed by atoms with Crippen molar-refractivity contribution in [1.82, 2.24) is 4.90 Å². The van der Waals surface area contributed by atoms with Gasteiger partial charge in [-0.3, -0.25) is 9.59 Å².